The molecule has 8 heteroatoms. The molecule has 0 radical (unpaired) electrons. The van der Waals surface area contributed by atoms with Crippen LogP contribution in [0.2, 0.25) is 0 Å². The average Bonchev–Trinajstić information content (AvgIpc) is 2.54. The first-order valence-electron chi connectivity index (χ1n) is 6.58. The molecular weight excluding hydrogens is 320 g/mol. The largest absolute Gasteiger partial charge is 0.295 e. The van der Waals surface area contributed by atoms with Gasteiger partial charge < -0.3 is 0 Å². The summed E-state index contributed by atoms with van der Waals surface area (Å²) in [6, 6.07) is 10.8. The van der Waals surface area contributed by atoms with Crippen LogP contribution in [0.5, 0.6) is 0 Å². The molecule has 0 saturated heterocycles. The summed E-state index contributed by atoms with van der Waals surface area (Å²) < 4.78 is 26.1. The molecular formula is C15H14N2O5S. The Hall–Kier alpha value is -2.74. The van der Waals surface area contributed by atoms with Crippen molar-refractivity contribution in [2.75, 3.05) is 11.4 Å². The third-order valence-electron chi connectivity index (χ3n) is 3.34. The van der Waals surface area contributed by atoms with E-state index in [0.717, 1.165) is 16.4 Å². The van der Waals surface area contributed by atoms with E-state index in [1.807, 2.05) is 0 Å². The first-order chi connectivity index (χ1) is 10.7. The van der Waals surface area contributed by atoms with Crippen molar-refractivity contribution in [2.24, 2.45) is 0 Å². The summed E-state index contributed by atoms with van der Waals surface area (Å²) in [7, 11) is -2.47. The summed E-state index contributed by atoms with van der Waals surface area (Å²) in [5.41, 5.74) is 0.681. The highest BCUT2D eigenvalue weighted by Gasteiger charge is 2.22. The lowest BCUT2D eigenvalue weighted by atomic mass is 10.1. The Morgan fingerprint density at radius 1 is 1.04 bits per heavy atom. The van der Waals surface area contributed by atoms with Crippen molar-refractivity contribution in [2.45, 2.75) is 11.8 Å². The molecule has 7 nitrogen and oxygen atoms in total. The van der Waals surface area contributed by atoms with Gasteiger partial charge >= 0.3 is 0 Å². The quantitative estimate of drug-likeness (QED) is 0.475. The highest BCUT2D eigenvalue weighted by molar-refractivity contribution is 7.92. The second-order valence-corrected chi connectivity index (χ2v) is 6.80. The number of ketones is 1. The Morgan fingerprint density at radius 3 is 2.00 bits per heavy atom. The summed E-state index contributed by atoms with van der Waals surface area (Å²) >= 11 is 0. The molecule has 0 atom stereocenters. The van der Waals surface area contributed by atoms with E-state index in [1.54, 1.807) is 12.1 Å². The van der Waals surface area contributed by atoms with Crippen molar-refractivity contribution in [3.8, 4) is 0 Å². The average molecular weight is 334 g/mol. The first kappa shape index (κ1) is 16.6. The highest BCUT2D eigenvalue weighted by atomic mass is 32.2. The number of nitrogens with zero attached hydrogens (tertiary/aromatic N) is 2. The van der Waals surface area contributed by atoms with Crippen LogP contribution in [-0.4, -0.2) is 26.2 Å². The number of Topliss-reactive ketones (excluding diaryl/α,β-unsaturated/α-hetero) is 1. The summed E-state index contributed by atoms with van der Waals surface area (Å²) in [6.07, 6.45) is 0. The number of nitro benzene ring substituents is 1. The van der Waals surface area contributed by atoms with Crippen LogP contribution in [0.1, 0.15) is 17.3 Å². The lowest BCUT2D eigenvalue weighted by molar-refractivity contribution is -0.384. The number of carbonyl (C=O) groups excluding carboxylic acids is 1. The van der Waals surface area contributed by atoms with Gasteiger partial charge in [-0.15, -0.1) is 0 Å². The second kappa shape index (κ2) is 6.17. The number of sulfonamides is 1. The van der Waals surface area contributed by atoms with Gasteiger partial charge in [0.05, 0.1) is 15.5 Å². The van der Waals surface area contributed by atoms with Crippen LogP contribution in [0.4, 0.5) is 11.4 Å². The molecule has 2 rings (SSSR count). The molecule has 23 heavy (non-hydrogen) atoms. The number of rotatable bonds is 5. The molecule has 0 unspecified atom stereocenters. The minimum Gasteiger partial charge on any atom is -0.295 e. The van der Waals surface area contributed by atoms with Crippen molar-refractivity contribution in [1.82, 2.24) is 0 Å². The number of anilines is 1. The lowest BCUT2D eigenvalue weighted by Gasteiger charge is -2.19. The molecule has 0 heterocycles. The van der Waals surface area contributed by atoms with E-state index in [1.165, 1.54) is 38.2 Å². The molecule has 0 aliphatic rings. The molecule has 120 valence electrons. The van der Waals surface area contributed by atoms with Crippen LogP contribution < -0.4 is 4.31 Å². The number of non-ortho nitro benzene ring substituents is 1. The van der Waals surface area contributed by atoms with Gasteiger partial charge in [-0.2, -0.15) is 0 Å². The fourth-order valence-electron chi connectivity index (χ4n) is 1.94. The van der Waals surface area contributed by atoms with E-state index in [2.05, 4.69) is 0 Å². The van der Waals surface area contributed by atoms with Crippen LogP contribution >= 0.6 is 0 Å². The van der Waals surface area contributed by atoms with Crippen molar-refractivity contribution < 1.29 is 18.1 Å². The van der Waals surface area contributed by atoms with Gasteiger partial charge in [-0.1, -0.05) is 0 Å². The van der Waals surface area contributed by atoms with E-state index in [4.69, 9.17) is 0 Å². The Balaban J connectivity index is 2.34. The van der Waals surface area contributed by atoms with Crippen molar-refractivity contribution in [3.05, 3.63) is 64.2 Å². The van der Waals surface area contributed by atoms with Gasteiger partial charge in [-0.05, 0) is 43.3 Å². The normalized spacial score (nSPS) is 11.0. The zero-order valence-corrected chi connectivity index (χ0v) is 13.3. The number of hydrogen-bond donors (Lipinski definition) is 0. The first-order valence-corrected chi connectivity index (χ1v) is 8.02. The molecule has 0 N–H and O–H groups in total. The predicted molar refractivity (Wildman–Crippen MR) is 85.1 cm³/mol. The van der Waals surface area contributed by atoms with E-state index in [9.17, 15) is 23.3 Å². The maximum Gasteiger partial charge on any atom is 0.269 e. The second-order valence-electron chi connectivity index (χ2n) is 4.83. The predicted octanol–water partition coefficient (Wildman–Crippen LogP) is 2.62. The molecule has 0 aliphatic heterocycles. The molecule has 0 spiro atoms. The zero-order chi connectivity index (χ0) is 17.2. The van der Waals surface area contributed by atoms with E-state index >= 15 is 0 Å². The molecule has 0 bridgehead atoms. The van der Waals surface area contributed by atoms with E-state index in [0.29, 0.717) is 11.3 Å². The molecule has 0 saturated carbocycles. The lowest BCUT2D eigenvalue weighted by Crippen LogP contribution is -2.26. The topological polar surface area (TPSA) is 97.6 Å². The maximum absolute atomic E-state index is 12.5. The van der Waals surface area contributed by atoms with E-state index in [-0.39, 0.29) is 16.4 Å². The van der Waals surface area contributed by atoms with Crippen LogP contribution in [-0.2, 0) is 10.0 Å². The Morgan fingerprint density at radius 2 is 1.57 bits per heavy atom. The fraction of sp³-hybridized carbons (Fsp3) is 0.133. The van der Waals surface area contributed by atoms with Gasteiger partial charge in [0.15, 0.2) is 5.78 Å². The molecule has 0 aliphatic carbocycles. The van der Waals surface area contributed by atoms with Gasteiger partial charge in [-0.25, -0.2) is 8.42 Å². The SMILES string of the molecule is CC(=O)c1ccc(N(C)S(=O)(=O)c2ccc([N+](=O)[O-])cc2)cc1. The number of nitro groups is 1. The van der Waals surface area contributed by atoms with Crippen LogP contribution in [0.15, 0.2) is 53.4 Å². The molecule has 2 aromatic rings. The summed E-state index contributed by atoms with van der Waals surface area (Å²) in [5, 5.41) is 10.6. The Labute approximate surface area is 133 Å². The third kappa shape index (κ3) is 3.37. The molecule has 2 aromatic carbocycles. The Bertz CT molecular complexity index is 842. The van der Waals surface area contributed by atoms with Crippen LogP contribution in [0.3, 0.4) is 0 Å². The third-order valence-corrected chi connectivity index (χ3v) is 5.14. The smallest absolute Gasteiger partial charge is 0.269 e. The Kier molecular flexibility index (Phi) is 4.46. The number of carbonyl (C=O) groups is 1. The molecule has 0 aromatic heterocycles. The van der Waals surface area contributed by atoms with Crippen LogP contribution in [0.25, 0.3) is 0 Å². The fourth-order valence-corrected chi connectivity index (χ4v) is 3.14. The van der Waals surface area contributed by atoms with Crippen molar-refractivity contribution in [1.29, 1.82) is 0 Å². The van der Waals surface area contributed by atoms with E-state index < -0.39 is 14.9 Å². The van der Waals surface area contributed by atoms with Gasteiger partial charge in [0.1, 0.15) is 0 Å². The number of hydrogen-bond acceptors (Lipinski definition) is 5. The standard InChI is InChI=1S/C15H14N2O5S/c1-11(18)12-3-5-13(6-4-12)16(2)23(21,22)15-9-7-14(8-10-15)17(19)20/h3-10H,1-2H3. The van der Waals surface area contributed by atoms with Gasteiger partial charge in [0.25, 0.3) is 15.7 Å². The minimum absolute atomic E-state index is 0.0544. The monoisotopic (exact) mass is 334 g/mol. The van der Waals surface area contributed by atoms with Crippen LogP contribution in [0, 0.1) is 10.1 Å². The summed E-state index contributed by atoms with van der Waals surface area (Å²) in [6.45, 7) is 1.42. The zero-order valence-electron chi connectivity index (χ0n) is 12.5. The molecule has 0 amide bonds. The summed E-state index contributed by atoms with van der Waals surface area (Å²) in [5.74, 6) is -0.113. The summed E-state index contributed by atoms with van der Waals surface area (Å²) in [4.78, 5) is 21.2. The molecule has 0 fully saturated rings. The highest BCUT2D eigenvalue weighted by Crippen LogP contribution is 2.24. The number of benzene rings is 2. The van der Waals surface area contributed by atoms with Crippen molar-refractivity contribution in [3.63, 3.8) is 0 Å². The van der Waals surface area contributed by atoms with Gasteiger partial charge in [0, 0.05) is 24.7 Å². The minimum atomic E-state index is -3.84. The van der Waals surface area contributed by atoms with Crippen molar-refractivity contribution >= 4 is 27.2 Å². The maximum atomic E-state index is 12.5. The van der Waals surface area contributed by atoms with Gasteiger partial charge in [0.2, 0.25) is 0 Å². The van der Waals surface area contributed by atoms with Gasteiger partial charge in [-0.3, -0.25) is 19.2 Å².